The van der Waals surface area contributed by atoms with E-state index in [0.717, 1.165) is 27.2 Å². The number of nitrogens with zero attached hydrogens (tertiary/aromatic N) is 4. The van der Waals surface area contributed by atoms with Crippen LogP contribution in [0.5, 0.6) is 0 Å². The molecular formula is C18H10N4Pt-2. The summed E-state index contributed by atoms with van der Waals surface area (Å²) >= 11 is 0. The van der Waals surface area contributed by atoms with Gasteiger partial charge in [0, 0.05) is 49.6 Å². The van der Waals surface area contributed by atoms with Gasteiger partial charge in [-0.2, -0.15) is 0 Å². The van der Waals surface area contributed by atoms with Crippen molar-refractivity contribution in [1.82, 2.24) is 9.97 Å². The molecule has 0 N–H and O–H groups in total. The van der Waals surface area contributed by atoms with Gasteiger partial charge < -0.3 is 23.7 Å². The number of fused-ring (bicyclic) bond motifs is 5. The van der Waals surface area contributed by atoms with E-state index in [1.54, 1.807) is 0 Å². The molecule has 0 radical (unpaired) electrons. The van der Waals surface area contributed by atoms with Crippen LogP contribution in [0.25, 0.3) is 32.6 Å². The molecule has 23 heavy (non-hydrogen) atoms. The molecule has 4 nitrogen and oxygen atoms in total. The third-order valence-electron chi connectivity index (χ3n) is 3.33. The van der Waals surface area contributed by atoms with Crippen molar-refractivity contribution in [2.45, 2.75) is 0 Å². The average molecular weight is 477 g/mol. The van der Waals surface area contributed by atoms with Gasteiger partial charge >= 0.3 is 0 Å². The summed E-state index contributed by atoms with van der Waals surface area (Å²) in [6.07, 6.45) is 3.67. The first kappa shape index (κ1) is 18.2. The standard InChI is InChI=1S/C16H10N2.2CN.Pt/c1-3-12-7-5-11-6-8-13-4-2-10-18-16(13)14(11)15(12)17-9-1;2*1-2;/h1-10H;;;/q;2*-1;. The minimum atomic E-state index is 0. The smallest absolute Gasteiger partial charge is 0.0802 e. The van der Waals surface area contributed by atoms with Crippen LogP contribution in [-0.4, -0.2) is 9.97 Å². The van der Waals surface area contributed by atoms with Crippen molar-refractivity contribution in [2.75, 3.05) is 0 Å². The Hall–Kier alpha value is -2.81. The molecule has 5 heteroatoms. The topological polar surface area (TPSA) is 73.4 Å². The summed E-state index contributed by atoms with van der Waals surface area (Å²) in [5.74, 6) is 0. The van der Waals surface area contributed by atoms with Gasteiger partial charge in [-0.3, -0.25) is 9.97 Å². The molecule has 0 amide bonds. The van der Waals surface area contributed by atoms with Crippen molar-refractivity contribution in [2.24, 2.45) is 0 Å². The molecule has 0 aliphatic rings. The maximum absolute atomic E-state index is 6.25. The van der Waals surface area contributed by atoms with Crippen LogP contribution in [0.1, 0.15) is 0 Å². The van der Waals surface area contributed by atoms with E-state index in [4.69, 9.17) is 23.7 Å². The summed E-state index contributed by atoms with van der Waals surface area (Å²) in [6, 6.07) is 16.6. The van der Waals surface area contributed by atoms with E-state index in [9.17, 15) is 0 Å². The van der Waals surface area contributed by atoms with Crippen LogP contribution in [0.2, 0.25) is 0 Å². The van der Waals surface area contributed by atoms with E-state index in [0.29, 0.717) is 0 Å². The number of rotatable bonds is 0. The van der Waals surface area contributed by atoms with Crippen molar-refractivity contribution in [1.29, 1.82) is 10.5 Å². The van der Waals surface area contributed by atoms with E-state index >= 15 is 0 Å². The van der Waals surface area contributed by atoms with Crippen molar-refractivity contribution >= 4 is 32.6 Å². The van der Waals surface area contributed by atoms with Gasteiger partial charge in [0.05, 0.1) is 11.0 Å². The summed E-state index contributed by atoms with van der Waals surface area (Å²) < 4.78 is 0. The van der Waals surface area contributed by atoms with Crippen LogP contribution in [0.15, 0.2) is 60.9 Å². The molecule has 0 aliphatic carbocycles. The molecule has 0 saturated heterocycles. The largest absolute Gasteiger partial charge is 0.512 e. The molecule has 114 valence electrons. The molecule has 0 saturated carbocycles. The molecule has 0 unspecified atom stereocenters. The number of aromatic nitrogens is 2. The molecule has 0 spiro atoms. The normalized spacial score (nSPS) is 9.04. The van der Waals surface area contributed by atoms with Gasteiger partial charge in [-0.25, -0.2) is 0 Å². The van der Waals surface area contributed by atoms with E-state index in [2.05, 4.69) is 46.4 Å². The maximum atomic E-state index is 6.25. The van der Waals surface area contributed by atoms with E-state index in [1.165, 1.54) is 5.39 Å². The number of benzene rings is 2. The maximum Gasteiger partial charge on any atom is 0.0802 e. The molecule has 2 aromatic carbocycles. The van der Waals surface area contributed by atoms with Crippen molar-refractivity contribution < 1.29 is 21.1 Å². The fourth-order valence-electron chi connectivity index (χ4n) is 2.49. The van der Waals surface area contributed by atoms with Crippen LogP contribution >= 0.6 is 0 Å². The fourth-order valence-corrected chi connectivity index (χ4v) is 2.49. The van der Waals surface area contributed by atoms with Crippen molar-refractivity contribution in [3.8, 4) is 0 Å². The minimum absolute atomic E-state index is 0. The Labute approximate surface area is 148 Å². The van der Waals surface area contributed by atoms with Crippen LogP contribution in [-0.2, 0) is 21.1 Å². The Bertz CT molecular complexity index is 900. The molecule has 0 bridgehead atoms. The quantitative estimate of drug-likeness (QED) is 0.282. The Morgan fingerprint density at radius 1 is 0.609 bits per heavy atom. The molecule has 4 rings (SSSR count). The Kier molecular flexibility index (Phi) is 6.81. The first-order chi connectivity index (χ1) is 10.9. The van der Waals surface area contributed by atoms with Crippen LogP contribution in [0.4, 0.5) is 0 Å². The molecular weight excluding hydrogens is 467 g/mol. The first-order valence-corrected chi connectivity index (χ1v) is 6.39. The average Bonchev–Trinajstić information content (AvgIpc) is 2.64. The van der Waals surface area contributed by atoms with Gasteiger partial charge in [0.25, 0.3) is 0 Å². The van der Waals surface area contributed by atoms with E-state index in [1.807, 2.05) is 24.5 Å². The monoisotopic (exact) mass is 477 g/mol. The fraction of sp³-hybridized carbons (Fsp3) is 0. The first-order valence-electron chi connectivity index (χ1n) is 6.39. The Morgan fingerprint density at radius 3 is 1.43 bits per heavy atom. The van der Waals surface area contributed by atoms with Crippen LogP contribution < -0.4 is 0 Å². The summed E-state index contributed by atoms with van der Waals surface area (Å²) in [4.78, 5) is 9.04. The Balaban J connectivity index is 0.000000494. The van der Waals surface area contributed by atoms with Gasteiger partial charge in [0.1, 0.15) is 0 Å². The second kappa shape index (κ2) is 8.59. The van der Waals surface area contributed by atoms with Gasteiger partial charge in [0.2, 0.25) is 0 Å². The van der Waals surface area contributed by atoms with Crippen LogP contribution in [0.3, 0.4) is 0 Å². The third kappa shape index (κ3) is 3.34. The van der Waals surface area contributed by atoms with Gasteiger partial charge in [-0.15, -0.1) is 0 Å². The summed E-state index contributed by atoms with van der Waals surface area (Å²) in [5.41, 5.74) is 2.05. The minimum Gasteiger partial charge on any atom is -0.512 e. The summed E-state index contributed by atoms with van der Waals surface area (Å²) in [6.45, 7) is 9.50. The molecule has 2 heterocycles. The molecule has 0 atom stereocenters. The summed E-state index contributed by atoms with van der Waals surface area (Å²) in [7, 11) is 0. The zero-order valence-electron chi connectivity index (χ0n) is 11.9. The number of hydrogen-bond acceptors (Lipinski definition) is 4. The zero-order valence-corrected chi connectivity index (χ0v) is 14.2. The molecule has 2 aromatic heterocycles. The third-order valence-corrected chi connectivity index (χ3v) is 3.33. The van der Waals surface area contributed by atoms with E-state index < -0.39 is 0 Å². The predicted octanol–water partition coefficient (Wildman–Crippen LogP) is 4.13. The zero-order chi connectivity index (χ0) is 15.9. The van der Waals surface area contributed by atoms with Gasteiger partial charge in [-0.1, -0.05) is 36.4 Å². The SMILES string of the molecule is [C-]#N.[C-]#N.[Pt].c1cnc2c(c1)ccc1ccc3cccnc3c12. The van der Waals surface area contributed by atoms with Gasteiger partial charge in [0.15, 0.2) is 0 Å². The second-order valence-corrected chi connectivity index (χ2v) is 4.38. The molecule has 4 aromatic rings. The van der Waals surface area contributed by atoms with Crippen molar-refractivity contribution in [3.05, 3.63) is 74.1 Å². The van der Waals surface area contributed by atoms with Crippen molar-refractivity contribution in [3.63, 3.8) is 0 Å². The molecule has 0 aliphatic heterocycles. The second-order valence-electron chi connectivity index (χ2n) is 4.38. The number of pyridine rings is 2. The van der Waals surface area contributed by atoms with Crippen LogP contribution in [0, 0.1) is 23.7 Å². The number of hydrogen-bond donors (Lipinski definition) is 0. The summed E-state index contributed by atoms with van der Waals surface area (Å²) in [5, 5.41) is 17.1. The van der Waals surface area contributed by atoms with Gasteiger partial charge in [-0.05, 0) is 17.5 Å². The van der Waals surface area contributed by atoms with E-state index in [-0.39, 0.29) is 21.1 Å². The Morgan fingerprint density at radius 2 is 1.00 bits per heavy atom. The predicted molar refractivity (Wildman–Crippen MR) is 84.5 cm³/mol. The molecule has 0 fully saturated rings.